The van der Waals surface area contributed by atoms with Gasteiger partial charge in [-0.15, -0.1) is 0 Å². The fourth-order valence-electron chi connectivity index (χ4n) is 3.59. The van der Waals surface area contributed by atoms with Crippen molar-refractivity contribution in [1.82, 2.24) is 19.8 Å². The quantitative estimate of drug-likeness (QED) is 0.587. The molecule has 0 radical (unpaired) electrons. The van der Waals surface area contributed by atoms with E-state index in [9.17, 15) is 4.79 Å². The monoisotopic (exact) mass is 414 g/mol. The SMILES string of the molecule is Cc1onc(C(=O)N2CCC(CCOc3ccccc3)C2)c1Cn1cc(Cl)cn1. The van der Waals surface area contributed by atoms with Gasteiger partial charge in [0.2, 0.25) is 0 Å². The van der Waals surface area contributed by atoms with Crippen LogP contribution >= 0.6 is 11.6 Å². The van der Waals surface area contributed by atoms with Crippen molar-refractivity contribution in [1.29, 1.82) is 0 Å². The lowest BCUT2D eigenvalue weighted by molar-refractivity contribution is 0.0774. The summed E-state index contributed by atoms with van der Waals surface area (Å²) in [6.07, 6.45) is 5.15. The van der Waals surface area contributed by atoms with Crippen molar-refractivity contribution >= 4 is 17.5 Å². The van der Waals surface area contributed by atoms with Gasteiger partial charge >= 0.3 is 0 Å². The molecule has 0 aliphatic carbocycles. The summed E-state index contributed by atoms with van der Waals surface area (Å²) in [6, 6.07) is 9.78. The summed E-state index contributed by atoms with van der Waals surface area (Å²) in [5.74, 6) is 1.82. The van der Waals surface area contributed by atoms with Crippen molar-refractivity contribution in [3.05, 3.63) is 64.8 Å². The standard InChI is InChI=1S/C21H23ClN4O3/c1-15-19(14-26-13-17(22)11-23-26)20(24-29-15)21(27)25-9-7-16(12-25)8-10-28-18-5-3-2-4-6-18/h2-6,11,13,16H,7-10,12,14H2,1H3. The first kappa shape index (κ1) is 19.5. The van der Waals surface area contributed by atoms with Crippen LogP contribution in [0.3, 0.4) is 0 Å². The maximum absolute atomic E-state index is 13.0. The van der Waals surface area contributed by atoms with Gasteiger partial charge in [0.25, 0.3) is 5.91 Å². The molecule has 0 N–H and O–H groups in total. The molecule has 1 saturated heterocycles. The summed E-state index contributed by atoms with van der Waals surface area (Å²) in [6.45, 7) is 4.26. The Hall–Kier alpha value is -2.80. The van der Waals surface area contributed by atoms with Crippen LogP contribution in [0.25, 0.3) is 0 Å². The summed E-state index contributed by atoms with van der Waals surface area (Å²) in [4.78, 5) is 14.9. The Bertz CT molecular complexity index is 969. The van der Waals surface area contributed by atoms with Crippen molar-refractivity contribution < 1.29 is 14.1 Å². The number of ether oxygens (including phenoxy) is 1. The van der Waals surface area contributed by atoms with Crippen LogP contribution in [0.2, 0.25) is 5.02 Å². The van der Waals surface area contributed by atoms with Crippen LogP contribution in [0, 0.1) is 12.8 Å². The molecule has 2 aromatic heterocycles. The number of rotatable bonds is 7. The largest absolute Gasteiger partial charge is 0.494 e. The van der Waals surface area contributed by atoms with Crippen molar-refractivity contribution in [2.24, 2.45) is 5.92 Å². The number of hydrogen-bond donors (Lipinski definition) is 0. The fraction of sp³-hybridized carbons (Fsp3) is 0.381. The van der Waals surface area contributed by atoms with E-state index in [0.717, 1.165) is 24.2 Å². The van der Waals surface area contributed by atoms with Gasteiger partial charge in [-0.05, 0) is 37.8 Å². The van der Waals surface area contributed by atoms with Gasteiger partial charge in [-0.1, -0.05) is 35.0 Å². The molecule has 3 aromatic rings. The van der Waals surface area contributed by atoms with Gasteiger partial charge < -0.3 is 14.2 Å². The lowest BCUT2D eigenvalue weighted by atomic mass is 10.1. The fourth-order valence-corrected chi connectivity index (χ4v) is 3.75. The Morgan fingerprint density at radius 1 is 1.34 bits per heavy atom. The normalized spacial score (nSPS) is 16.3. The average Bonchev–Trinajstić information content (AvgIpc) is 3.44. The number of hydrogen-bond acceptors (Lipinski definition) is 5. The van der Waals surface area contributed by atoms with Gasteiger partial charge in [0.05, 0.1) is 24.4 Å². The minimum absolute atomic E-state index is 0.0958. The van der Waals surface area contributed by atoms with E-state index in [-0.39, 0.29) is 5.91 Å². The van der Waals surface area contributed by atoms with E-state index in [0.29, 0.717) is 48.6 Å². The van der Waals surface area contributed by atoms with E-state index in [1.54, 1.807) is 24.0 Å². The highest BCUT2D eigenvalue weighted by atomic mass is 35.5. The topological polar surface area (TPSA) is 73.4 Å². The molecule has 1 amide bonds. The number of aryl methyl sites for hydroxylation is 1. The van der Waals surface area contributed by atoms with Crippen LogP contribution in [0.1, 0.15) is 34.7 Å². The number of carbonyl (C=O) groups excluding carboxylic acids is 1. The Morgan fingerprint density at radius 2 is 2.17 bits per heavy atom. The third kappa shape index (κ3) is 4.62. The number of likely N-dealkylation sites (tertiary alicyclic amines) is 1. The molecule has 1 aliphatic heterocycles. The molecule has 4 rings (SSSR count). The van der Waals surface area contributed by atoms with Crippen molar-refractivity contribution in [3.63, 3.8) is 0 Å². The van der Waals surface area contributed by atoms with Crippen molar-refractivity contribution in [3.8, 4) is 5.75 Å². The van der Waals surface area contributed by atoms with Crippen molar-refractivity contribution in [2.75, 3.05) is 19.7 Å². The van der Waals surface area contributed by atoms with Gasteiger partial charge in [0.1, 0.15) is 11.5 Å². The zero-order valence-corrected chi connectivity index (χ0v) is 17.0. The molecule has 7 nitrogen and oxygen atoms in total. The summed E-state index contributed by atoms with van der Waals surface area (Å²) in [7, 11) is 0. The van der Waals surface area contributed by atoms with Crippen molar-refractivity contribution in [2.45, 2.75) is 26.3 Å². The molecule has 1 atom stereocenters. The number of amides is 1. The van der Waals surface area contributed by atoms with E-state index < -0.39 is 0 Å². The van der Waals surface area contributed by atoms with Crippen LogP contribution in [0.5, 0.6) is 5.75 Å². The number of nitrogens with zero attached hydrogens (tertiary/aromatic N) is 4. The number of benzene rings is 1. The first-order valence-corrected chi connectivity index (χ1v) is 10.1. The number of carbonyl (C=O) groups is 1. The Balaban J connectivity index is 1.34. The van der Waals surface area contributed by atoms with Crippen LogP contribution in [0.15, 0.2) is 47.2 Å². The number of para-hydroxylation sites is 1. The minimum atomic E-state index is -0.0958. The van der Waals surface area contributed by atoms with Crippen LogP contribution < -0.4 is 4.74 Å². The van der Waals surface area contributed by atoms with Crippen LogP contribution in [-0.2, 0) is 6.54 Å². The molecule has 0 saturated carbocycles. The summed E-state index contributed by atoms with van der Waals surface area (Å²) in [5.41, 5.74) is 1.10. The van der Waals surface area contributed by atoms with Gasteiger partial charge in [-0.25, -0.2) is 0 Å². The van der Waals surface area contributed by atoms with E-state index in [4.69, 9.17) is 20.9 Å². The molecule has 1 aliphatic rings. The lowest BCUT2D eigenvalue weighted by Gasteiger charge is -2.16. The molecule has 3 heterocycles. The zero-order chi connectivity index (χ0) is 20.2. The maximum atomic E-state index is 13.0. The molecule has 1 aromatic carbocycles. The Kier molecular flexibility index (Phi) is 5.85. The van der Waals surface area contributed by atoms with E-state index >= 15 is 0 Å². The van der Waals surface area contributed by atoms with Crippen LogP contribution in [-0.4, -0.2) is 45.4 Å². The first-order valence-electron chi connectivity index (χ1n) is 9.70. The predicted octanol–water partition coefficient (Wildman–Crippen LogP) is 3.81. The Morgan fingerprint density at radius 3 is 2.93 bits per heavy atom. The summed E-state index contributed by atoms with van der Waals surface area (Å²) < 4.78 is 12.8. The third-order valence-electron chi connectivity index (χ3n) is 5.22. The molecular weight excluding hydrogens is 392 g/mol. The highest BCUT2D eigenvalue weighted by Gasteiger charge is 2.31. The van der Waals surface area contributed by atoms with E-state index in [2.05, 4.69) is 10.3 Å². The summed E-state index contributed by atoms with van der Waals surface area (Å²) >= 11 is 5.94. The Labute approximate surface area is 174 Å². The zero-order valence-electron chi connectivity index (χ0n) is 16.3. The van der Waals surface area contributed by atoms with Gasteiger partial charge in [-0.3, -0.25) is 9.48 Å². The molecule has 8 heteroatoms. The van der Waals surface area contributed by atoms with E-state index in [1.165, 1.54) is 0 Å². The first-order chi connectivity index (χ1) is 14.1. The van der Waals surface area contributed by atoms with Gasteiger partial charge in [0, 0.05) is 24.8 Å². The van der Waals surface area contributed by atoms with Crippen LogP contribution in [0.4, 0.5) is 0 Å². The predicted molar refractivity (Wildman–Crippen MR) is 108 cm³/mol. The maximum Gasteiger partial charge on any atom is 0.276 e. The van der Waals surface area contributed by atoms with Gasteiger partial charge in [0.15, 0.2) is 5.69 Å². The number of halogens is 1. The second kappa shape index (κ2) is 8.69. The average molecular weight is 415 g/mol. The smallest absolute Gasteiger partial charge is 0.276 e. The molecule has 29 heavy (non-hydrogen) atoms. The molecule has 0 spiro atoms. The second-order valence-corrected chi connectivity index (χ2v) is 7.71. The highest BCUT2D eigenvalue weighted by molar-refractivity contribution is 6.30. The third-order valence-corrected chi connectivity index (χ3v) is 5.42. The lowest BCUT2D eigenvalue weighted by Crippen LogP contribution is -2.30. The molecule has 0 bridgehead atoms. The molecule has 1 unspecified atom stereocenters. The molecule has 1 fully saturated rings. The van der Waals surface area contributed by atoms with Gasteiger partial charge in [-0.2, -0.15) is 5.10 Å². The van der Waals surface area contributed by atoms with E-state index in [1.807, 2.05) is 35.2 Å². The second-order valence-electron chi connectivity index (χ2n) is 7.28. The summed E-state index contributed by atoms with van der Waals surface area (Å²) in [5, 5.41) is 8.75. The highest BCUT2D eigenvalue weighted by Crippen LogP contribution is 2.24. The number of aromatic nitrogens is 3. The molecule has 152 valence electrons. The minimum Gasteiger partial charge on any atom is -0.494 e. The molecular formula is C21H23ClN4O3.